The molecule has 25 heavy (non-hydrogen) atoms. The molecule has 0 saturated heterocycles. The van der Waals surface area contributed by atoms with Crippen molar-refractivity contribution in [3.05, 3.63) is 51.2 Å². The zero-order valence-electron chi connectivity index (χ0n) is 13.1. The molecular formula is C14H12N4O7. The first-order chi connectivity index (χ1) is 11.8. The van der Waals surface area contributed by atoms with Gasteiger partial charge in [0.1, 0.15) is 0 Å². The Morgan fingerprint density at radius 3 is 2.08 bits per heavy atom. The second-order valence-corrected chi connectivity index (χ2v) is 4.63. The Balaban J connectivity index is 2.33. The molecule has 11 nitrogen and oxygen atoms in total. The van der Waals surface area contributed by atoms with Gasteiger partial charge in [0.2, 0.25) is 0 Å². The molecule has 11 heteroatoms. The third kappa shape index (κ3) is 3.96. The van der Waals surface area contributed by atoms with Crippen LogP contribution in [0.5, 0.6) is 0 Å². The smallest absolute Gasteiger partial charge is 0.343 e. The van der Waals surface area contributed by atoms with Crippen molar-refractivity contribution < 1.29 is 28.8 Å². The van der Waals surface area contributed by atoms with Crippen molar-refractivity contribution >= 4 is 29.4 Å². The van der Waals surface area contributed by atoms with Gasteiger partial charge in [-0.25, -0.2) is 9.59 Å². The number of nitrogens with zero attached hydrogens (tertiary/aromatic N) is 2. The van der Waals surface area contributed by atoms with E-state index in [1.807, 2.05) is 0 Å². The minimum atomic E-state index is -0.776. The van der Waals surface area contributed by atoms with E-state index in [2.05, 4.69) is 25.0 Å². The molecule has 1 aromatic carbocycles. The van der Waals surface area contributed by atoms with Crippen LogP contribution in [0.1, 0.15) is 31.2 Å². The van der Waals surface area contributed by atoms with E-state index in [4.69, 9.17) is 0 Å². The van der Waals surface area contributed by atoms with Crippen molar-refractivity contribution in [1.29, 1.82) is 0 Å². The van der Waals surface area contributed by atoms with Crippen LogP contribution < -0.4 is 5.32 Å². The van der Waals surface area contributed by atoms with Gasteiger partial charge in [0.25, 0.3) is 5.91 Å². The van der Waals surface area contributed by atoms with Crippen molar-refractivity contribution in [1.82, 2.24) is 10.2 Å². The number of carbonyl (C=O) groups is 3. The number of aromatic amines is 1. The van der Waals surface area contributed by atoms with Crippen LogP contribution in [0.25, 0.3) is 0 Å². The topological polar surface area (TPSA) is 154 Å². The Labute approximate surface area is 140 Å². The number of rotatable bonds is 5. The van der Waals surface area contributed by atoms with E-state index in [1.165, 1.54) is 18.2 Å². The molecule has 0 aliphatic heterocycles. The third-order valence-corrected chi connectivity index (χ3v) is 3.03. The standard InChI is InChI=1S/C14H12N4O7/c1-24-13(20)7-3-8(14(21)25-2)5-9(4-7)15-12(19)10-6-11(17-16-10)18(22)23/h3-6H,1-2H3,(H,15,19)(H,16,17). The van der Waals surface area contributed by atoms with E-state index in [9.17, 15) is 24.5 Å². The zero-order chi connectivity index (χ0) is 18.6. The Morgan fingerprint density at radius 1 is 1.08 bits per heavy atom. The number of amides is 1. The number of methoxy groups -OCH3 is 2. The summed E-state index contributed by atoms with van der Waals surface area (Å²) >= 11 is 0. The van der Waals surface area contributed by atoms with Gasteiger partial charge < -0.3 is 24.9 Å². The first-order valence-corrected chi connectivity index (χ1v) is 6.68. The van der Waals surface area contributed by atoms with Crippen molar-refractivity contribution in [2.75, 3.05) is 19.5 Å². The van der Waals surface area contributed by atoms with E-state index in [0.29, 0.717) is 0 Å². The number of hydrogen-bond donors (Lipinski definition) is 2. The maximum atomic E-state index is 12.1. The van der Waals surface area contributed by atoms with E-state index < -0.39 is 28.6 Å². The lowest BCUT2D eigenvalue weighted by Gasteiger charge is -2.08. The number of carbonyl (C=O) groups excluding carboxylic acids is 3. The molecule has 1 aromatic heterocycles. The third-order valence-electron chi connectivity index (χ3n) is 3.03. The van der Waals surface area contributed by atoms with Crippen molar-refractivity contribution in [2.24, 2.45) is 0 Å². The largest absolute Gasteiger partial charge is 0.465 e. The maximum absolute atomic E-state index is 12.1. The normalized spacial score (nSPS) is 10.0. The van der Waals surface area contributed by atoms with E-state index in [1.54, 1.807) is 0 Å². The highest BCUT2D eigenvalue weighted by Crippen LogP contribution is 2.18. The van der Waals surface area contributed by atoms with E-state index in [0.717, 1.165) is 20.3 Å². The predicted octanol–water partition coefficient (Wildman–Crippen LogP) is 1.14. The van der Waals surface area contributed by atoms with E-state index in [-0.39, 0.29) is 22.5 Å². The van der Waals surface area contributed by atoms with Crippen molar-refractivity contribution in [3.8, 4) is 0 Å². The van der Waals surface area contributed by atoms with Gasteiger partial charge in [0, 0.05) is 5.69 Å². The Bertz CT molecular complexity index is 824. The van der Waals surface area contributed by atoms with Gasteiger partial charge in [-0.2, -0.15) is 0 Å². The summed E-state index contributed by atoms with van der Waals surface area (Å²) in [7, 11) is 2.32. The van der Waals surface area contributed by atoms with Gasteiger partial charge in [-0.15, -0.1) is 5.10 Å². The molecule has 0 unspecified atom stereocenters. The number of aromatic nitrogens is 2. The molecule has 2 rings (SSSR count). The quantitative estimate of drug-likeness (QED) is 0.463. The summed E-state index contributed by atoms with van der Waals surface area (Å²) in [6.07, 6.45) is 0. The molecule has 0 aliphatic carbocycles. The van der Waals surface area contributed by atoms with Crippen molar-refractivity contribution in [3.63, 3.8) is 0 Å². The number of nitro groups is 1. The van der Waals surface area contributed by atoms with E-state index >= 15 is 0 Å². The summed E-state index contributed by atoms with van der Waals surface area (Å²) < 4.78 is 9.17. The van der Waals surface area contributed by atoms with Crippen LogP contribution in [0.3, 0.4) is 0 Å². The molecule has 0 radical (unpaired) electrons. The first kappa shape index (κ1) is 17.6. The van der Waals surface area contributed by atoms with Gasteiger partial charge in [-0.05, 0) is 23.1 Å². The highest BCUT2D eigenvalue weighted by atomic mass is 16.6. The predicted molar refractivity (Wildman–Crippen MR) is 82.3 cm³/mol. The highest BCUT2D eigenvalue weighted by molar-refractivity contribution is 6.05. The fourth-order valence-electron chi connectivity index (χ4n) is 1.89. The van der Waals surface area contributed by atoms with Gasteiger partial charge in [-0.1, -0.05) is 5.10 Å². The average Bonchev–Trinajstić information content (AvgIpc) is 3.10. The SMILES string of the molecule is COC(=O)c1cc(NC(=O)c2cc([N+](=O)[O-])[nH]n2)cc(C(=O)OC)c1. The minimum absolute atomic E-state index is 0.00806. The molecule has 2 N–H and O–H groups in total. The number of hydrogen-bond acceptors (Lipinski definition) is 8. The van der Waals surface area contributed by atoms with Crippen LogP contribution >= 0.6 is 0 Å². The summed E-state index contributed by atoms with van der Waals surface area (Å²) in [5.41, 5.74) is -0.142. The summed E-state index contributed by atoms with van der Waals surface area (Å²) in [6, 6.07) is 4.74. The number of benzene rings is 1. The second-order valence-electron chi connectivity index (χ2n) is 4.63. The fraction of sp³-hybridized carbons (Fsp3) is 0.143. The lowest BCUT2D eigenvalue weighted by Crippen LogP contribution is -2.14. The fourth-order valence-corrected chi connectivity index (χ4v) is 1.89. The summed E-state index contributed by atoms with van der Waals surface area (Å²) in [6.45, 7) is 0. The average molecular weight is 348 g/mol. The lowest BCUT2D eigenvalue weighted by atomic mass is 10.1. The molecule has 1 heterocycles. The highest BCUT2D eigenvalue weighted by Gasteiger charge is 2.19. The molecule has 2 aromatic rings. The summed E-state index contributed by atoms with van der Waals surface area (Å²) in [4.78, 5) is 45.3. The Kier molecular flexibility index (Phi) is 5.07. The number of esters is 2. The molecule has 0 fully saturated rings. The molecule has 130 valence electrons. The zero-order valence-corrected chi connectivity index (χ0v) is 13.1. The molecule has 0 aliphatic rings. The van der Waals surface area contributed by atoms with Gasteiger partial charge in [-0.3, -0.25) is 4.79 Å². The molecular weight excluding hydrogens is 336 g/mol. The molecule has 0 bridgehead atoms. The molecule has 0 atom stereocenters. The van der Waals surface area contributed by atoms with Crippen LogP contribution in [0, 0.1) is 10.1 Å². The molecule has 0 spiro atoms. The van der Waals surface area contributed by atoms with Crippen LogP contribution in [-0.2, 0) is 9.47 Å². The number of nitrogens with one attached hydrogen (secondary N) is 2. The monoisotopic (exact) mass is 348 g/mol. The summed E-state index contributed by atoms with van der Waals surface area (Å²) in [5, 5.41) is 18.6. The van der Waals surface area contributed by atoms with Crippen molar-refractivity contribution in [2.45, 2.75) is 0 Å². The number of anilines is 1. The van der Waals surface area contributed by atoms with Crippen LogP contribution in [-0.4, -0.2) is 47.2 Å². The van der Waals surface area contributed by atoms with Gasteiger partial charge in [0.15, 0.2) is 5.69 Å². The van der Waals surface area contributed by atoms with Crippen LogP contribution in [0.15, 0.2) is 24.3 Å². The number of H-pyrrole nitrogens is 1. The maximum Gasteiger partial charge on any atom is 0.343 e. The van der Waals surface area contributed by atoms with Gasteiger partial charge >= 0.3 is 17.8 Å². The first-order valence-electron chi connectivity index (χ1n) is 6.68. The Morgan fingerprint density at radius 2 is 1.64 bits per heavy atom. The van der Waals surface area contributed by atoms with Crippen LogP contribution in [0.2, 0.25) is 0 Å². The van der Waals surface area contributed by atoms with Gasteiger partial charge in [0.05, 0.1) is 31.4 Å². The molecule has 1 amide bonds. The van der Waals surface area contributed by atoms with Crippen LogP contribution in [0.4, 0.5) is 11.5 Å². The minimum Gasteiger partial charge on any atom is -0.465 e. The Hall–Kier alpha value is -3.76. The second kappa shape index (κ2) is 7.21. The summed E-state index contributed by atoms with van der Waals surface area (Å²) in [5.74, 6) is -2.68. The lowest BCUT2D eigenvalue weighted by molar-refractivity contribution is -0.389. The molecule has 0 saturated carbocycles. The number of ether oxygens (including phenoxy) is 2.